The summed E-state index contributed by atoms with van der Waals surface area (Å²) in [5, 5.41) is 18.1. The standard InChI is InChI=1S/C16H19FN2O3.C2H6/c17-14-11-19(10-13(20)6-8-18)9-7-15(14)22-16(21)12-4-2-1-3-5-12;1-2/h1-5,13-15,20H,6-7,9-11H2;1-2H3. The van der Waals surface area contributed by atoms with E-state index in [0.29, 0.717) is 18.5 Å². The number of halogens is 1. The smallest absolute Gasteiger partial charge is 0.338 e. The summed E-state index contributed by atoms with van der Waals surface area (Å²) in [4.78, 5) is 13.7. The molecule has 3 unspecified atom stereocenters. The fourth-order valence-corrected chi connectivity index (χ4v) is 2.49. The highest BCUT2D eigenvalue weighted by molar-refractivity contribution is 5.89. The number of aliphatic hydroxyl groups is 1. The molecule has 0 saturated carbocycles. The molecule has 3 atom stereocenters. The van der Waals surface area contributed by atoms with E-state index in [1.165, 1.54) is 0 Å². The number of benzene rings is 1. The van der Waals surface area contributed by atoms with Gasteiger partial charge in [-0.15, -0.1) is 0 Å². The first kappa shape index (κ1) is 20.1. The zero-order valence-corrected chi connectivity index (χ0v) is 14.2. The van der Waals surface area contributed by atoms with E-state index < -0.39 is 24.3 Å². The summed E-state index contributed by atoms with van der Waals surface area (Å²) in [6, 6.07) is 10.4. The molecule has 24 heavy (non-hydrogen) atoms. The number of alkyl halides is 1. The Morgan fingerprint density at radius 2 is 2.12 bits per heavy atom. The molecule has 0 aromatic heterocycles. The van der Waals surface area contributed by atoms with Crippen molar-refractivity contribution in [2.75, 3.05) is 19.6 Å². The van der Waals surface area contributed by atoms with Crippen LogP contribution >= 0.6 is 0 Å². The van der Waals surface area contributed by atoms with Gasteiger partial charge in [0.05, 0.1) is 24.2 Å². The average molecular weight is 336 g/mol. The third-order valence-corrected chi connectivity index (χ3v) is 3.63. The summed E-state index contributed by atoms with van der Waals surface area (Å²) in [6.07, 6.45) is -2.44. The van der Waals surface area contributed by atoms with E-state index in [1.807, 2.05) is 19.9 Å². The molecule has 6 heteroatoms. The maximum atomic E-state index is 14.1. The number of rotatable bonds is 5. The molecule has 1 aliphatic rings. The number of esters is 1. The zero-order chi connectivity index (χ0) is 17.9. The molecule has 1 fully saturated rings. The number of nitriles is 1. The van der Waals surface area contributed by atoms with Crippen molar-refractivity contribution in [3.05, 3.63) is 35.9 Å². The predicted octanol–water partition coefficient (Wildman–Crippen LogP) is 2.56. The molecule has 0 bridgehead atoms. The fourth-order valence-electron chi connectivity index (χ4n) is 2.49. The van der Waals surface area contributed by atoms with Gasteiger partial charge in [-0.05, 0) is 12.1 Å². The van der Waals surface area contributed by atoms with Gasteiger partial charge in [-0.2, -0.15) is 5.26 Å². The number of ether oxygens (including phenoxy) is 1. The summed E-state index contributed by atoms with van der Waals surface area (Å²) in [5.41, 5.74) is 0.404. The second-order valence-electron chi connectivity index (χ2n) is 5.39. The third-order valence-electron chi connectivity index (χ3n) is 3.63. The lowest BCUT2D eigenvalue weighted by atomic mass is 10.0. The van der Waals surface area contributed by atoms with Crippen LogP contribution < -0.4 is 0 Å². The average Bonchev–Trinajstić information content (AvgIpc) is 2.60. The molecule has 1 aliphatic heterocycles. The Labute approximate surface area is 142 Å². The summed E-state index contributed by atoms with van der Waals surface area (Å²) < 4.78 is 19.4. The zero-order valence-electron chi connectivity index (χ0n) is 14.2. The summed E-state index contributed by atoms with van der Waals surface area (Å²) in [7, 11) is 0. The van der Waals surface area contributed by atoms with Crippen molar-refractivity contribution < 1.29 is 19.0 Å². The number of β-amino-alcohol motifs (C(OH)–C–C–N with tert-alkyl or cyclic N) is 1. The first-order valence-corrected chi connectivity index (χ1v) is 8.27. The SMILES string of the molecule is CC.N#CCC(O)CN1CCC(OC(=O)c2ccccc2)C(F)C1. The van der Waals surface area contributed by atoms with Crippen LogP contribution in [-0.4, -0.2) is 54.0 Å². The van der Waals surface area contributed by atoms with E-state index >= 15 is 0 Å². The molecule has 0 radical (unpaired) electrons. The minimum absolute atomic E-state index is 0.0277. The fraction of sp³-hybridized carbons (Fsp3) is 0.556. The maximum absolute atomic E-state index is 14.1. The molecule has 132 valence electrons. The van der Waals surface area contributed by atoms with Crippen LogP contribution in [0.2, 0.25) is 0 Å². The van der Waals surface area contributed by atoms with Crippen LogP contribution in [0, 0.1) is 11.3 Å². The predicted molar refractivity (Wildman–Crippen MR) is 89.2 cm³/mol. The van der Waals surface area contributed by atoms with Crippen molar-refractivity contribution in [2.45, 2.75) is 45.1 Å². The summed E-state index contributed by atoms with van der Waals surface area (Å²) in [5.74, 6) is -0.522. The topological polar surface area (TPSA) is 73.6 Å². The van der Waals surface area contributed by atoms with Crippen molar-refractivity contribution in [3.63, 3.8) is 0 Å². The van der Waals surface area contributed by atoms with Gasteiger partial charge in [0.25, 0.3) is 0 Å². The van der Waals surface area contributed by atoms with E-state index in [9.17, 15) is 14.3 Å². The van der Waals surface area contributed by atoms with Crippen molar-refractivity contribution in [1.82, 2.24) is 4.90 Å². The van der Waals surface area contributed by atoms with Crippen LogP contribution in [0.3, 0.4) is 0 Å². The van der Waals surface area contributed by atoms with Gasteiger partial charge in [0, 0.05) is 26.1 Å². The molecular weight excluding hydrogens is 311 g/mol. The molecular formula is C18H25FN2O3. The minimum Gasteiger partial charge on any atom is -0.456 e. The molecule has 0 amide bonds. The van der Waals surface area contributed by atoms with Crippen LogP contribution in [0.5, 0.6) is 0 Å². The summed E-state index contributed by atoms with van der Waals surface area (Å²) in [6.45, 7) is 4.87. The Morgan fingerprint density at radius 1 is 1.46 bits per heavy atom. The number of nitrogens with zero attached hydrogens (tertiary/aromatic N) is 2. The lowest BCUT2D eigenvalue weighted by Gasteiger charge is -2.34. The van der Waals surface area contributed by atoms with Gasteiger partial charge in [0.1, 0.15) is 12.3 Å². The highest BCUT2D eigenvalue weighted by Gasteiger charge is 2.32. The number of carbonyl (C=O) groups is 1. The van der Waals surface area contributed by atoms with E-state index in [-0.39, 0.29) is 19.5 Å². The van der Waals surface area contributed by atoms with Crippen LogP contribution in [-0.2, 0) is 4.74 Å². The molecule has 1 aromatic carbocycles. The van der Waals surface area contributed by atoms with E-state index in [2.05, 4.69) is 0 Å². The van der Waals surface area contributed by atoms with Crippen LogP contribution in [0.1, 0.15) is 37.0 Å². The van der Waals surface area contributed by atoms with Gasteiger partial charge in [-0.25, -0.2) is 9.18 Å². The molecule has 1 aromatic rings. The molecule has 2 rings (SSSR count). The first-order valence-electron chi connectivity index (χ1n) is 8.27. The highest BCUT2D eigenvalue weighted by atomic mass is 19.1. The van der Waals surface area contributed by atoms with E-state index in [1.54, 1.807) is 35.2 Å². The van der Waals surface area contributed by atoms with Crippen molar-refractivity contribution >= 4 is 5.97 Å². The van der Waals surface area contributed by atoms with Gasteiger partial charge in [-0.1, -0.05) is 32.0 Å². The van der Waals surface area contributed by atoms with Gasteiger partial charge >= 0.3 is 5.97 Å². The molecule has 1 heterocycles. The van der Waals surface area contributed by atoms with Gasteiger partial charge < -0.3 is 9.84 Å². The Hall–Kier alpha value is -1.97. The number of carbonyl (C=O) groups excluding carboxylic acids is 1. The second-order valence-corrected chi connectivity index (χ2v) is 5.39. The Kier molecular flexibility index (Phi) is 8.98. The van der Waals surface area contributed by atoms with Gasteiger partial charge in [-0.3, -0.25) is 4.90 Å². The van der Waals surface area contributed by atoms with Crippen LogP contribution in [0.25, 0.3) is 0 Å². The largest absolute Gasteiger partial charge is 0.456 e. The van der Waals surface area contributed by atoms with E-state index in [4.69, 9.17) is 10.00 Å². The van der Waals surface area contributed by atoms with Crippen molar-refractivity contribution in [1.29, 1.82) is 5.26 Å². The van der Waals surface area contributed by atoms with Crippen LogP contribution in [0.15, 0.2) is 30.3 Å². The normalized spacial score (nSPS) is 21.8. The highest BCUT2D eigenvalue weighted by Crippen LogP contribution is 2.19. The van der Waals surface area contributed by atoms with Gasteiger partial charge in [0.2, 0.25) is 0 Å². The monoisotopic (exact) mass is 336 g/mol. The summed E-state index contributed by atoms with van der Waals surface area (Å²) >= 11 is 0. The Morgan fingerprint density at radius 3 is 2.71 bits per heavy atom. The van der Waals surface area contributed by atoms with Crippen molar-refractivity contribution in [3.8, 4) is 6.07 Å². The molecule has 5 nitrogen and oxygen atoms in total. The Balaban J connectivity index is 0.00000139. The third kappa shape index (κ3) is 6.26. The molecule has 1 N–H and O–H groups in total. The molecule has 0 spiro atoms. The van der Waals surface area contributed by atoms with Crippen molar-refractivity contribution in [2.24, 2.45) is 0 Å². The van der Waals surface area contributed by atoms with Crippen LogP contribution in [0.4, 0.5) is 4.39 Å². The first-order chi connectivity index (χ1) is 11.6. The lowest BCUT2D eigenvalue weighted by Crippen LogP contribution is -2.48. The minimum atomic E-state index is -1.30. The number of hydrogen-bond donors (Lipinski definition) is 1. The van der Waals surface area contributed by atoms with E-state index in [0.717, 1.165) is 0 Å². The number of piperidine rings is 1. The number of hydrogen-bond acceptors (Lipinski definition) is 5. The molecule has 0 aliphatic carbocycles. The maximum Gasteiger partial charge on any atom is 0.338 e. The number of likely N-dealkylation sites (tertiary alicyclic amines) is 1. The number of aliphatic hydroxyl groups excluding tert-OH is 1. The Bertz CT molecular complexity index is 533. The quantitative estimate of drug-likeness (QED) is 0.837. The van der Waals surface area contributed by atoms with Gasteiger partial charge in [0.15, 0.2) is 0 Å². The second kappa shape index (κ2) is 10.7. The molecule has 1 saturated heterocycles. The lowest BCUT2D eigenvalue weighted by molar-refractivity contribution is -0.0321.